The number of nitrogens with one attached hydrogen (secondary N) is 3. The lowest BCUT2D eigenvalue weighted by Gasteiger charge is -2.15. The number of hydrazine groups is 1. The zero-order valence-corrected chi connectivity index (χ0v) is 13.6. The number of ether oxygens (including phenoxy) is 1. The van der Waals surface area contributed by atoms with Gasteiger partial charge in [-0.1, -0.05) is 32.9 Å². The molecule has 0 heterocycles. The van der Waals surface area contributed by atoms with E-state index in [-0.39, 0.29) is 24.3 Å². The van der Waals surface area contributed by atoms with Gasteiger partial charge in [0.15, 0.2) is 0 Å². The molecular weight excluding hydrogens is 282 g/mol. The van der Waals surface area contributed by atoms with Crippen LogP contribution >= 0.6 is 0 Å². The molecule has 0 saturated heterocycles. The molecule has 2 amide bonds. The van der Waals surface area contributed by atoms with Gasteiger partial charge in [0.25, 0.3) is 5.91 Å². The van der Waals surface area contributed by atoms with Crippen LogP contribution in [0.2, 0.25) is 0 Å². The van der Waals surface area contributed by atoms with Crippen LogP contribution in [0, 0.1) is 11.8 Å². The van der Waals surface area contributed by atoms with E-state index in [1.54, 1.807) is 13.2 Å². The Morgan fingerprint density at radius 2 is 1.73 bits per heavy atom. The fraction of sp³-hybridized carbons (Fsp3) is 0.500. The largest absolute Gasteiger partial charge is 0.495 e. The van der Waals surface area contributed by atoms with Crippen molar-refractivity contribution in [3.63, 3.8) is 0 Å². The maximum absolute atomic E-state index is 11.7. The number of para-hydroxylation sites is 2. The van der Waals surface area contributed by atoms with Gasteiger partial charge in [-0.2, -0.15) is 0 Å². The minimum atomic E-state index is -0.323. The number of hydrogen-bond acceptors (Lipinski definition) is 4. The van der Waals surface area contributed by atoms with Gasteiger partial charge < -0.3 is 10.1 Å². The summed E-state index contributed by atoms with van der Waals surface area (Å²) in [5, 5.41) is 2.96. The Balaban J connectivity index is 2.33. The van der Waals surface area contributed by atoms with E-state index in [0.29, 0.717) is 18.1 Å². The smallest absolute Gasteiger partial charge is 0.257 e. The summed E-state index contributed by atoms with van der Waals surface area (Å²) in [6, 6.07) is 7.31. The molecule has 6 heteroatoms. The van der Waals surface area contributed by atoms with Gasteiger partial charge in [-0.3, -0.25) is 20.4 Å². The molecule has 3 N–H and O–H groups in total. The number of anilines is 1. The molecule has 1 rings (SSSR count). The summed E-state index contributed by atoms with van der Waals surface area (Å²) in [5.74, 6) is 0.839. The van der Waals surface area contributed by atoms with Gasteiger partial charge in [-0.25, -0.2) is 0 Å². The van der Waals surface area contributed by atoms with Crippen LogP contribution in [0.3, 0.4) is 0 Å². The van der Waals surface area contributed by atoms with Crippen molar-refractivity contribution in [2.24, 2.45) is 11.8 Å². The molecular formula is C16H25N3O3. The van der Waals surface area contributed by atoms with Crippen LogP contribution in [-0.4, -0.2) is 25.5 Å². The highest BCUT2D eigenvalue weighted by Gasteiger charge is 2.13. The molecule has 0 fully saturated rings. The first-order valence-electron chi connectivity index (χ1n) is 7.38. The van der Waals surface area contributed by atoms with E-state index < -0.39 is 0 Å². The summed E-state index contributed by atoms with van der Waals surface area (Å²) in [6.07, 6.45) is 0.387. The van der Waals surface area contributed by atoms with Gasteiger partial charge in [0.05, 0.1) is 19.3 Å². The summed E-state index contributed by atoms with van der Waals surface area (Å²) >= 11 is 0. The fourth-order valence-corrected chi connectivity index (χ4v) is 1.73. The first kappa shape index (κ1) is 17.8. The standard InChI is InChI=1S/C16H25N3O3/c1-11(2)12(3)9-15(20)18-19-16(21)10-17-13-7-5-6-8-14(13)22-4/h5-8,11-12,17H,9-10H2,1-4H3,(H,18,20)(H,19,21). The van der Waals surface area contributed by atoms with Crippen molar-refractivity contribution in [3.8, 4) is 5.75 Å². The number of rotatable bonds is 7. The van der Waals surface area contributed by atoms with E-state index in [0.717, 1.165) is 5.69 Å². The van der Waals surface area contributed by atoms with Crippen molar-refractivity contribution < 1.29 is 14.3 Å². The second-order valence-electron chi connectivity index (χ2n) is 5.58. The van der Waals surface area contributed by atoms with Crippen molar-refractivity contribution >= 4 is 17.5 Å². The molecule has 1 aromatic carbocycles. The van der Waals surface area contributed by atoms with Gasteiger partial charge in [-0.05, 0) is 24.0 Å². The minimum Gasteiger partial charge on any atom is -0.495 e. The lowest BCUT2D eigenvalue weighted by Crippen LogP contribution is -2.44. The summed E-state index contributed by atoms with van der Waals surface area (Å²) in [6.45, 7) is 6.18. The number of hydrogen-bond donors (Lipinski definition) is 3. The fourth-order valence-electron chi connectivity index (χ4n) is 1.73. The second-order valence-corrected chi connectivity index (χ2v) is 5.58. The number of carbonyl (C=O) groups excluding carboxylic acids is 2. The maximum atomic E-state index is 11.7. The average molecular weight is 307 g/mol. The number of amides is 2. The predicted molar refractivity (Wildman–Crippen MR) is 86.4 cm³/mol. The van der Waals surface area contributed by atoms with Crippen LogP contribution in [0.5, 0.6) is 5.75 Å². The third-order valence-corrected chi connectivity index (χ3v) is 3.53. The number of methoxy groups -OCH3 is 1. The van der Waals surface area contributed by atoms with Gasteiger partial charge in [0.1, 0.15) is 5.75 Å². The highest BCUT2D eigenvalue weighted by molar-refractivity contribution is 5.84. The Kier molecular flexibility index (Phi) is 7.22. The van der Waals surface area contributed by atoms with Crippen molar-refractivity contribution in [1.29, 1.82) is 0 Å². The quantitative estimate of drug-likeness (QED) is 0.673. The third-order valence-electron chi connectivity index (χ3n) is 3.53. The van der Waals surface area contributed by atoms with Crippen molar-refractivity contribution in [2.75, 3.05) is 19.0 Å². The molecule has 0 aliphatic heterocycles. The SMILES string of the molecule is COc1ccccc1NCC(=O)NNC(=O)CC(C)C(C)C. The predicted octanol–water partition coefficient (Wildman–Crippen LogP) is 1.94. The normalized spacial score (nSPS) is 11.7. The summed E-state index contributed by atoms with van der Waals surface area (Å²) in [4.78, 5) is 23.4. The van der Waals surface area contributed by atoms with E-state index in [2.05, 4.69) is 30.0 Å². The van der Waals surface area contributed by atoms with Gasteiger partial charge in [0.2, 0.25) is 5.91 Å². The van der Waals surface area contributed by atoms with E-state index >= 15 is 0 Å². The summed E-state index contributed by atoms with van der Waals surface area (Å²) < 4.78 is 5.18. The van der Waals surface area contributed by atoms with E-state index in [1.165, 1.54) is 0 Å². The van der Waals surface area contributed by atoms with Crippen molar-refractivity contribution in [3.05, 3.63) is 24.3 Å². The lowest BCUT2D eigenvalue weighted by molar-refractivity contribution is -0.128. The molecule has 0 aliphatic rings. The van der Waals surface area contributed by atoms with Crippen LogP contribution in [0.1, 0.15) is 27.2 Å². The van der Waals surface area contributed by atoms with Gasteiger partial charge in [-0.15, -0.1) is 0 Å². The molecule has 0 saturated carbocycles. The molecule has 0 spiro atoms. The molecule has 0 aliphatic carbocycles. The van der Waals surface area contributed by atoms with Crippen LogP contribution in [0.15, 0.2) is 24.3 Å². The Morgan fingerprint density at radius 1 is 1.09 bits per heavy atom. The summed E-state index contributed by atoms with van der Waals surface area (Å²) in [5.41, 5.74) is 5.54. The van der Waals surface area contributed by atoms with E-state index in [4.69, 9.17) is 4.74 Å². The highest BCUT2D eigenvalue weighted by Crippen LogP contribution is 2.22. The number of benzene rings is 1. The maximum Gasteiger partial charge on any atom is 0.257 e. The average Bonchev–Trinajstić information content (AvgIpc) is 2.50. The van der Waals surface area contributed by atoms with E-state index in [9.17, 15) is 9.59 Å². The monoisotopic (exact) mass is 307 g/mol. The molecule has 0 bridgehead atoms. The Hall–Kier alpha value is -2.24. The molecule has 1 unspecified atom stereocenters. The molecule has 6 nitrogen and oxygen atoms in total. The lowest BCUT2D eigenvalue weighted by atomic mass is 9.95. The number of carbonyl (C=O) groups is 2. The minimum absolute atomic E-state index is 0.0421. The second kappa shape index (κ2) is 8.92. The van der Waals surface area contributed by atoms with E-state index in [1.807, 2.05) is 25.1 Å². The topological polar surface area (TPSA) is 79.5 Å². The van der Waals surface area contributed by atoms with Gasteiger partial charge >= 0.3 is 0 Å². The first-order valence-corrected chi connectivity index (χ1v) is 7.38. The molecule has 1 atom stereocenters. The van der Waals surface area contributed by atoms with Crippen LogP contribution in [0.4, 0.5) is 5.69 Å². The zero-order chi connectivity index (χ0) is 16.5. The molecule has 0 aromatic heterocycles. The van der Waals surface area contributed by atoms with Gasteiger partial charge in [0, 0.05) is 6.42 Å². The molecule has 122 valence electrons. The Bertz CT molecular complexity index is 503. The van der Waals surface area contributed by atoms with Crippen molar-refractivity contribution in [1.82, 2.24) is 10.9 Å². The first-order chi connectivity index (χ1) is 10.4. The molecule has 0 radical (unpaired) electrons. The van der Waals surface area contributed by atoms with Crippen molar-refractivity contribution in [2.45, 2.75) is 27.2 Å². The van der Waals surface area contributed by atoms with Crippen LogP contribution in [-0.2, 0) is 9.59 Å². The molecule has 22 heavy (non-hydrogen) atoms. The van der Waals surface area contributed by atoms with Crippen LogP contribution in [0.25, 0.3) is 0 Å². The Morgan fingerprint density at radius 3 is 2.36 bits per heavy atom. The highest BCUT2D eigenvalue weighted by atomic mass is 16.5. The third kappa shape index (κ3) is 6.03. The Labute approximate surface area is 131 Å². The summed E-state index contributed by atoms with van der Waals surface area (Å²) in [7, 11) is 1.57. The molecule has 1 aromatic rings. The zero-order valence-electron chi connectivity index (χ0n) is 13.6. The van der Waals surface area contributed by atoms with Crippen LogP contribution < -0.4 is 20.9 Å².